The Morgan fingerprint density at radius 1 is 1.25 bits per heavy atom. The molecule has 0 saturated carbocycles. The summed E-state index contributed by atoms with van der Waals surface area (Å²) in [5.74, 6) is 0.200. The number of hydrogen-bond acceptors (Lipinski definition) is 3. The highest BCUT2D eigenvalue weighted by Crippen LogP contribution is 2.40. The zero-order chi connectivity index (χ0) is 13.3. The van der Waals surface area contributed by atoms with Crippen molar-refractivity contribution in [1.29, 1.82) is 0 Å². The van der Waals surface area contributed by atoms with Crippen molar-refractivity contribution in [3.63, 3.8) is 0 Å². The van der Waals surface area contributed by atoms with Gasteiger partial charge in [0.1, 0.15) is 4.88 Å². The summed E-state index contributed by atoms with van der Waals surface area (Å²) in [5, 5.41) is 5.40. The molecule has 1 aromatic rings. The maximum Gasteiger partial charge on any atom is 0.265 e. The molecule has 2 saturated heterocycles. The highest BCUT2D eigenvalue weighted by molar-refractivity contribution is 9.10. The first-order valence-electron chi connectivity index (χ1n) is 6.93. The van der Waals surface area contributed by atoms with Crippen LogP contribution < -0.4 is 5.32 Å². The van der Waals surface area contributed by atoms with Crippen LogP contribution in [-0.4, -0.2) is 37.0 Å². The molecule has 0 atom stereocenters. The summed E-state index contributed by atoms with van der Waals surface area (Å²) < 4.78 is 0.935. The summed E-state index contributed by atoms with van der Waals surface area (Å²) in [4.78, 5) is 15.3. The Hall–Kier alpha value is -0.100. The van der Waals surface area contributed by atoms with Crippen LogP contribution in [0.25, 0.3) is 0 Å². The molecule has 0 radical (unpaired) electrons. The average molecular weight is 380 g/mol. The molecule has 2 aliphatic rings. The van der Waals surface area contributed by atoms with Crippen LogP contribution in [0.1, 0.15) is 35.4 Å². The summed E-state index contributed by atoms with van der Waals surface area (Å²) >= 11 is 4.99. The van der Waals surface area contributed by atoms with E-state index in [0.717, 1.165) is 35.5 Å². The molecule has 0 aromatic carbocycles. The van der Waals surface area contributed by atoms with Crippen LogP contribution in [-0.2, 0) is 0 Å². The van der Waals surface area contributed by atoms with Gasteiger partial charge in [0.15, 0.2) is 0 Å². The lowest BCUT2D eigenvalue weighted by atomic mass is 9.71. The number of nitrogens with zero attached hydrogens (tertiary/aromatic N) is 1. The van der Waals surface area contributed by atoms with Crippen molar-refractivity contribution in [2.45, 2.75) is 25.7 Å². The van der Waals surface area contributed by atoms with Gasteiger partial charge in [0.05, 0.1) is 0 Å². The fourth-order valence-electron chi connectivity index (χ4n) is 3.23. The molecular formula is C14H20BrClN2OS. The van der Waals surface area contributed by atoms with E-state index in [1.807, 2.05) is 16.3 Å². The summed E-state index contributed by atoms with van der Waals surface area (Å²) in [7, 11) is 0. The van der Waals surface area contributed by atoms with Gasteiger partial charge in [-0.1, -0.05) is 0 Å². The number of halogens is 2. The van der Waals surface area contributed by atoms with E-state index in [1.165, 1.54) is 37.0 Å². The summed E-state index contributed by atoms with van der Waals surface area (Å²) in [6, 6.07) is 1.95. The first-order chi connectivity index (χ1) is 9.20. The number of hydrogen-bond donors (Lipinski definition) is 1. The molecule has 3 nitrogen and oxygen atoms in total. The molecule has 20 heavy (non-hydrogen) atoms. The zero-order valence-corrected chi connectivity index (χ0v) is 14.6. The lowest BCUT2D eigenvalue weighted by molar-refractivity contribution is 0.0499. The van der Waals surface area contributed by atoms with E-state index in [2.05, 4.69) is 21.2 Å². The van der Waals surface area contributed by atoms with Gasteiger partial charge in [-0.3, -0.25) is 4.79 Å². The third kappa shape index (κ3) is 3.21. The summed E-state index contributed by atoms with van der Waals surface area (Å²) in [6.45, 7) is 4.13. The first kappa shape index (κ1) is 16.3. The fourth-order valence-corrected chi connectivity index (χ4v) is 4.74. The Morgan fingerprint density at radius 2 is 1.90 bits per heavy atom. The van der Waals surface area contributed by atoms with Gasteiger partial charge >= 0.3 is 0 Å². The third-order valence-electron chi connectivity index (χ3n) is 4.59. The van der Waals surface area contributed by atoms with Crippen LogP contribution >= 0.6 is 39.7 Å². The van der Waals surface area contributed by atoms with Gasteiger partial charge in [-0.15, -0.1) is 23.7 Å². The lowest BCUT2D eigenvalue weighted by Crippen LogP contribution is -2.47. The van der Waals surface area contributed by atoms with Crippen LogP contribution in [0, 0.1) is 5.41 Å². The zero-order valence-electron chi connectivity index (χ0n) is 11.4. The smallest absolute Gasteiger partial charge is 0.265 e. The van der Waals surface area contributed by atoms with Gasteiger partial charge in [0, 0.05) is 17.6 Å². The molecule has 2 fully saturated rings. The highest BCUT2D eigenvalue weighted by Gasteiger charge is 2.37. The predicted molar refractivity (Wildman–Crippen MR) is 88.9 cm³/mol. The molecule has 2 aliphatic heterocycles. The van der Waals surface area contributed by atoms with Crippen molar-refractivity contribution in [1.82, 2.24) is 10.2 Å². The molecule has 3 heterocycles. The molecule has 1 N–H and O–H groups in total. The van der Waals surface area contributed by atoms with Gasteiger partial charge in [0.25, 0.3) is 5.91 Å². The molecule has 0 bridgehead atoms. The van der Waals surface area contributed by atoms with E-state index in [-0.39, 0.29) is 18.3 Å². The van der Waals surface area contributed by atoms with Gasteiger partial charge in [-0.25, -0.2) is 0 Å². The number of likely N-dealkylation sites (tertiary alicyclic amines) is 1. The molecule has 0 unspecified atom stereocenters. The van der Waals surface area contributed by atoms with Crippen LogP contribution in [0.2, 0.25) is 0 Å². The van der Waals surface area contributed by atoms with E-state index in [4.69, 9.17) is 0 Å². The predicted octanol–water partition coefficient (Wildman–Crippen LogP) is 3.54. The van der Waals surface area contributed by atoms with Crippen LogP contribution in [0.5, 0.6) is 0 Å². The van der Waals surface area contributed by atoms with Crippen molar-refractivity contribution in [3.05, 3.63) is 20.8 Å². The monoisotopic (exact) mass is 378 g/mol. The van der Waals surface area contributed by atoms with Gasteiger partial charge in [0.2, 0.25) is 0 Å². The normalized spacial score (nSPS) is 21.6. The minimum atomic E-state index is 0. The molecule has 1 aromatic heterocycles. The van der Waals surface area contributed by atoms with Crippen molar-refractivity contribution in [2.75, 3.05) is 26.2 Å². The molecule has 3 rings (SSSR count). The number of nitrogens with one attached hydrogen (secondary N) is 1. The number of carbonyl (C=O) groups excluding carboxylic acids is 1. The number of amides is 1. The van der Waals surface area contributed by atoms with E-state index in [0.29, 0.717) is 5.41 Å². The average Bonchev–Trinajstić information content (AvgIpc) is 2.86. The van der Waals surface area contributed by atoms with Gasteiger partial charge in [-0.05, 0) is 71.6 Å². The minimum Gasteiger partial charge on any atom is -0.338 e. The number of carbonyl (C=O) groups is 1. The maximum atomic E-state index is 12.4. The van der Waals surface area contributed by atoms with Crippen molar-refractivity contribution in [2.24, 2.45) is 5.41 Å². The van der Waals surface area contributed by atoms with Crippen LogP contribution in [0.3, 0.4) is 0 Å². The summed E-state index contributed by atoms with van der Waals surface area (Å²) in [5.41, 5.74) is 0.509. The molecule has 1 amide bonds. The molecule has 1 spiro atoms. The third-order valence-corrected chi connectivity index (χ3v) is 6.41. The van der Waals surface area contributed by atoms with Gasteiger partial charge in [-0.2, -0.15) is 0 Å². The highest BCUT2D eigenvalue weighted by atomic mass is 79.9. The van der Waals surface area contributed by atoms with E-state index in [9.17, 15) is 4.79 Å². The molecule has 112 valence electrons. The van der Waals surface area contributed by atoms with Crippen LogP contribution in [0.4, 0.5) is 0 Å². The van der Waals surface area contributed by atoms with Crippen molar-refractivity contribution >= 4 is 45.6 Å². The molecule has 6 heteroatoms. The Morgan fingerprint density at radius 3 is 2.45 bits per heavy atom. The van der Waals surface area contributed by atoms with Crippen LogP contribution in [0.15, 0.2) is 15.9 Å². The molecular weight excluding hydrogens is 360 g/mol. The molecule has 0 aliphatic carbocycles. The number of rotatable bonds is 1. The number of thiophene rings is 1. The van der Waals surface area contributed by atoms with E-state index in [1.54, 1.807) is 0 Å². The maximum absolute atomic E-state index is 12.4. The Balaban J connectivity index is 0.00000147. The van der Waals surface area contributed by atoms with Crippen molar-refractivity contribution in [3.8, 4) is 0 Å². The largest absolute Gasteiger partial charge is 0.338 e. The number of piperidine rings is 2. The SMILES string of the molecule is Cl.O=C(c1sccc1Br)N1CCC2(CCNCC2)CC1. The lowest BCUT2D eigenvalue weighted by Gasteiger charge is -2.44. The fraction of sp³-hybridized carbons (Fsp3) is 0.643. The quantitative estimate of drug-likeness (QED) is 0.809. The summed E-state index contributed by atoms with van der Waals surface area (Å²) in [6.07, 6.45) is 4.89. The first-order valence-corrected chi connectivity index (χ1v) is 8.60. The topological polar surface area (TPSA) is 32.3 Å². The van der Waals surface area contributed by atoms with Crippen molar-refractivity contribution < 1.29 is 4.79 Å². The van der Waals surface area contributed by atoms with E-state index < -0.39 is 0 Å². The standard InChI is InChI=1S/C14H19BrN2OS.ClH/c15-11-1-10-19-12(11)13(18)17-8-4-14(5-9-17)2-6-16-7-3-14;/h1,10,16H,2-9H2;1H. The second-order valence-electron chi connectivity index (χ2n) is 5.64. The van der Waals surface area contributed by atoms with E-state index >= 15 is 0 Å². The second-order valence-corrected chi connectivity index (χ2v) is 7.41. The Kier molecular flexibility index (Phi) is 5.51. The Labute approximate surface area is 138 Å². The van der Waals surface area contributed by atoms with Gasteiger partial charge < -0.3 is 10.2 Å². The Bertz CT molecular complexity index is 463. The second kappa shape index (κ2) is 6.77. The minimum absolute atomic E-state index is 0.